The highest BCUT2D eigenvalue weighted by atomic mass is 32.2. The van der Waals surface area contributed by atoms with Crippen molar-refractivity contribution in [2.75, 3.05) is 17.9 Å². The number of hydrogen-bond acceptors (Lipinski definition) is 14. The van der Waals surface area contributed by atoms with E-state index in [4.69, 9.17) is 18.9 Å². The number of hydrogen-bond donors (Lipinski definition) is 2. The van der Waals surface area contributed by atoms with Crippen molar-refractivity contribution in [3.8, 4) is 40.5 Å². The first-order chi connectivity index (χ1) is 23.8. The van der Waals surface area contributed by atoms with Gasteiger partial charge in [0.2, 0.25) is 11.6 Å². The fraction of sp³-hybridized carbons (Fsp3) is 0.182. The second-order valence-electron chi connectivity index (χ2n) is 11.4. The van der Waals surface area contributed by atoms with E-state index in [1.807, 2.05) is 20.8 Å². The molecule has 0 fully saturated rings. The van der Waals surface area contributed by atoms with Gasteiger partial charge in [0, 0.05) is 24.5 Å². The predicted molar refractivity (Wildman–Crippen MR) is 178 cm³/mol. The quantitative estimate of drug-likeness (QED) is 0.0499. The van der Waals surface area contributed by atoms with Crippen LogP contribution < -0.4 is 18.9 Å². The summed E-state index contributed by atoms with van der Waals surface area (Å²) >= 11 is 0. The SMILES string of the molecule is CC(C)(C)c1ccc(S(=O)(=O)Nc2nc(-c3ncccn3)nc(OCCOC(=O)Oc3ccc([N+](=O)[O-])cc3)c2Oc2ccccc2O)cc1. The first-order valence-electron chi connectivity index (χ1n) is 14.8. The van der Waals surface area contributed by atoms with E-state index in [0.717, 1.165) is 17.7 Å². The maximum atomic E-state index is 13.7. The van der Waals surface area contributed by atoms with Crippen molar-refractivity contribution in [3.05, 3.63) is 107 Å². The molecule has 0 atom stereocenters. The van der Waals surface area contributed by atoms with E-state index in [1.54, 1.807) is 30.3 Å². The molecule has 0 bridgehead atoms. The summed E-state index contributed by atoms with van der Waals surface area (Å²) < 4.78 is 51.6. The first kappa shape index (κ1) is 35.0. The molecular weight excluding hydrogens is 672 g/mol. The number of anilines is 1. The van der Waals surface area contributed by atoms with E-state index in [1.165, 1.54) is 48.8 Å². The number of para-hydroxylation sites is 2. The Hall–Kier alpha value is -6.36. The molecule has 0 spiro atoms. The number of carbonyl (C=O) groups excluding carboxylic acids is 1. The van der Waals surface area contributed by atoms with E-state index >= 15 is 0 Å². The van der Waals surface area contributed by atoms with Crippen LogP contribution in [0.3, 0.4) is 0 Å². The Morgan fingerprint density at radius 2 is 1.58 bits per heavy atom. The highest BCUT2D eigenvalue weighted by molar-refractivity contribution is 7.92. The zero-order valence-electron chi connectivity index (χ0n) is 26.8. The van der Waals surface area contributed by atoms with Crippen LogP contribution in [-0.4, -0.2) is 57.8 Å². The summed E-state index contributed by atoms with van der Waals surface area (Å²) in [6, 6.07) is 18.6. The molecule has 5 aromatic rings. The van der Waals surface area contributed by atoms with Gasteiger partial charge in [0.25, 0.3) is 21.6 Å². The maximum absolute atomic E-state index is 13.7. The van der Waals surface area contributed by atoms with Gasteiger partial charge in [-0.3, -0.25) is 14.8 Å². The number of nitrogens with zero attached hydrogens (tertiary/aromatic N) is 5. The Labute approximate surface area is 285 Å². The van der Waals surface area contributed by atoms with Gasteiger partial charge in [-0.15, -0.1) is 0 Å². The Morgan fingerprint density at radius 1 is 0.900 bits per heavy atom. The summed E-state index contributed by atoms with van der Waals surface area (Å²) in [5.41, 5.74) is 0.509. The summed E-state index contributed by atoms with van der Waals surface area (Å²) in [5.74, 6) is -1.52. The number of carbonyl (C=O) groups is 1. The van der Waals surface area contributed by atoms with E-state index < -0.39 is 21.1 Å². The summed E-state index contributed by atoms with van der Waals surface area (Å²) in [6.45, 7) is 5.27. The van der Waals surface area contributed by atoms with Gasteiger partial charge in [-0.05, 0) is 53.4 Å². The smallest absolute Gasteiger partial charge is 0.504 e. The molecule has 0 saturated carbocycles. The van der Waals surface area contributed by atoms with Gasteiger partial charge in [-0.2, -0.15) is 4.98 Å². The number of nitro benzene ring substituents is 1. The lowest BCUT2D eigenvalue weighted by molar-refractivity contribution is -0.384. The number of nitrogens with one attached hydrogen (secondary N) is 1. The molecule has 0 aliphatic rings. The molecule has 0 radical (unpaired) electrons. The fourth-order valence-corrected chi connectivity index (χ4v) is 5.21. The maximum Gasteiger partial charge on any atom is 0.513 e. The van der Waals surface area contributed by atoms with Crippen LogP contribution in [0, 0.1) is 10.1 Å². The molecule has 2 N–H and O–H groups in total. The highest BCUT2D eigenvalue weighted by Crippen LogP contribution is 2.41. The van der Waals surface area contributed by atoms with Crippen molar-refractivity contribution in [2.24, 2.45) is 0 Å². The summed E-state index contributed by atoms with van der Waals surface area (Å²) in [6.07, 6.45) is 1.74. The van der Waals surface area contributed by atoms with Gasteiger partial charge >= 0.3 is 6.16 Å². The summed E-state index contributed by atoms with van der Waals surface area (Å²) in [4.78, 5) is 39.4. The van der Waals surface area contributed by atoms with E-state index in [9.17, 15) is 28.4 Å². The third-order valence-electron chi connectivity index (χ3n) is 6.73. The minimum absolute atomic E-state index is 0.00754. The molecule has 50 heavy (non-hydrogen) atoms. The number of sulfonamides is 1. The number of non-ortho nitro benzene ring substituents is 1. The number of rotatable bonds is 12. The Kier molecular flexibility index (Phi) is 10.4. The van der Waals surface area contributed by atoms with Crippen LogP contribution in [0.4, 0.5) is 16.3 Å². The lowest BCUT2D eigenvalue weighted by Crippen LogP contribution is -2.18. The Morgan fingerprint density at radius 3 is 2.22 bits per heavy atom. The molecule has 3 aromatic carbocycles. The molecule has 0 unspecified atom stereocenters. The van der Waals surface area contributed by atoms with Crippen molar-refractivity contribution in [1.82, 2.24) is 19.9 Å². The number of aromatic nitrogens is 4. The minimum atomic E-state index is -4.29. The number of phenolic OH excluding ortho intramolecular Hbond substituents is 1. The monoisotopic (exact) mass is 702 g/mol. The fourth-order valence-electron chi connectivity index (χ4n) is 4.20. The van der Waals surface area contributed by atoms with Crippen LogP contribution >= 0.6 is 0 Å². The zero-order chi connectivity index (χ0) is 35.9. The number of benzene rings is 3. The summed E-state index contributed by atoms with van der Waals surface area (Å²) in [5, 5.41) is 21.3. The lowest BCUT2D eigenvalue weighted by atomic mass is 9.87. The predicted octanol–water partition coefficient (Wildman–Crippen LogP) is 6.03. The molecule has 2 aromatic heterocycles. The Bertz CT molecular complexity index is 2090. The van der Waals surface area contributed by atoms with Gasteiger partial charge in [-0.1, -0.05) is 45.0 Å². The molecule has 0 aliphatic heterocycles. The minimum Gasteiger partial charge on any atom is -0.504 e. The molecular formula is C33H30N6O10S. The first-order valence-corrected chi connectivity index (χ1v) is 16.3. The largest absolute Gasteiger partial charge is 0.513 e. The normalized spacial score (nSPS) is 11.3. The van der Waals surface area contributed by atoms with Gasteiger partial charge in [-0.25, -0.2) is 28.2 Å². The van der Waals surface area contributed by atoms with Crippen LogP contribution in [0.1, 0.15) is 26.3 Å². The standard InChI is InChI=1S/C33H30N6O10S/c1-33(2,3)21-9-15-24(16-10-21)50(44,45)38-28-27(49-26-8-5-4-7-25(26)40)31(37-30(36-28)29-34-17-6-18-35-29)46-19-20-47-32(41)48-23-13-11-22(12-14-23)39(42)43/h4-18,40H,19-20H2,1-3H3,(H,36,37,38). The van der Waals surface area contributed by atoms with Gasteiger partial charge in [0.1, 0.15) is 19.0 Å². The Balaban J connectivity index is 1.45. The number of phenols is 1. The van der Waals surface area contributed by atoms with Gasteiger partial charge < -0.3 is 24.1 Å². The number of aromatic hydroxyl groups is 1. The van der Waals surface area contributed by atoms with Crippen LogP contribution in [0.5, 0.6) is 28.9 Å². The molecule has 16 nitrogen and oxygen atoms in total. The van der Waals surface area contributed by atoms with Gasteiger partial charge in [0.15, 0.2) is 23.1 Å². The van der Waals surface area contributed by atoms with E-state index in [2.05, 4.69) is 24.7 Å². The third-order valence-corrected chi connectivity index (χ3v) is 8.08. The molecule has 258 valence electrons. The molecule has 5 rings (SSSR count). The highest BCUT2D eigenvalue weighted by Gasteiger charge is 2.26. The average molecular weight is 703 g/mol. The zero-order valence-corrected chi connectivity index (χ0v) is 27.7. The van der Waals surface area contributed by atoms with Crippen molar-refractivity contribution in [1.29, 1.82) is 0 Å². The molecule has 0 saturated heterocycles. The van der Waals surface area contributed by atoms with E-state index in [-0.39, 0.29) is 75.6 Å². The molecule has 17 heteroatoms. The third kappa shape index (κ3) is 8.75. The molecule has 2 heterocycles. The van der Waals surface area contributed by atoms with Crippen molar-refractivity contribution >= 4 is 27.7 Å². The van der Waals surface area contributed by atoms with Crippen molar-refractivity contribution in [2.45, 2.75) is 31.1 Å². The lowest BCUT2D eigenvalue weighted by Gasteiger charge is -2.20. The van der Waals surface area contributed by atoms with Crippen LogP contribution in [0.2, 0.25) is 0 Å². The second-order valence-corrected chi connectivity index (χ2v) is 13.0. The van der Waals surface area contributed by atoms with Crippen molar-refractivity contribution in [3.63, 3.8) is 0 Å². The molecule has 0 amide bonds. The molecule has 0 aliphatic carbocycles. The topological polar surface area (TPSA) is 215 Å². The summed E-state index contributed by atoms with van der Waals surface area (Å²) in [7, 11) is -4.29. The van der Waals surface area contributed by atoms with Crippen molar-refractivity contribution < 1.29 is 42.2 Å². The van der Waals surface area contributed by atoms with Gasteiger partial charge in [0.05, 0.1) is 9.82 Å². The van der Waals surface area contributed by atoms with Crippen LogP contribution in [0.15, 0.2) is 96.2 Å². The average Bonchev–Trinajstić information content (AvgIpc) is 3.08. The van der Waals surface area contributed by atoms with Crippen LogP contribution in [-0.2, 0) is 20.2 Å². The van der Waals surface area contributed by atoms with Crippen LogP contribution in [0.25, 0.3) is 11.6 Å². The number of nitro groups is 1. The van der Waals surface area contributed by atoms with E-state index in [0.29, 0.717) is 0 Å². The second kappa shape index (κ2) is 14.8. The number of ether oxygens (including phenoxy) is 4.